The van der Waals surface area contributed by atoms with Crippen molar-refractivity contribution in [2.45, 2.75) is 45.9 Å². The Morgan fingerprint density at radius 2 is 2.13 bits per heavy atom. The lowest BCUT2D eigenvalue weighted by Crippen LogP contribution is -2.44. The van der Waals surface area contributed by atoms with Crippen molar-refractivity contribution in [2.24, 2.45) is 4.99 Å². The molecule has 0 aromatic carbocycles. The lowest BCUT2D eigenvalue weighted by Gasteiger charge is -2.32. The first-order chi connectivity index (χ1) is 14.4. The lowest BCUT2D eigenvalue weighted by atomic mass is 10.0. The Hall–Kier alpha value is -1.85. The minimum absolute atomic E-state index is 0. The molecule has 3 N–H and O–H groups in total. The smallest absolute Gasteiger partial charge is 0.191 e. The van der Waals surface area contributed by atoms with Crippen LogP contribution >= 0.6 is 24.0 Å². The number of nitrogens with one attached hydrogen (secondary N) is 2. The van der Waals surface area contributed by atoms with Crippen LogP contribution in [0.5, 0.6) is 0 Å². The van der Waals surface area contributed by atoms with Crippen molar-refractivity contribution in [3.8, 4) is 0 Å². The second-order valence-corrected chi connectivity index (χ2v) is 7.88. The van der Waals surface area contributed by atoms with Gasteiger partial charge in [-0.3, -0.25) is 0 Å². The number of furan rings is 1. The van der Waals surface area contributed by atoms with E-state index >= 15 is 0 Å². The maximum absolute atomic E-state index is 10.7. The van der Waals surface area contributed by atoms with Crippen molar-refractivity contribution in [3.63, 3.8) is 0 Å². The number of morpholine rings is 1. The van der Waals surface area contributed by atoms with Gasteiger partial charge < -0.3 is 29.8 Å². The van der Waals surface area contributed by atoms with Crippen LogP contribution in [0, 0.1) is 6.92 Å². The average Bonchev–Trinajstić information content (AvgIpc) is 3.18. The number of pyridine rings is 1. The number of ether oxygens (including phenoxy) is 1. The second kappa shape index (κ2) is 11.7. The summed E-state index contributed by atoms with van der Waals surface area (Å²) in [5.41, 5.74) is -0.117. The first-order valence-electron chi connectivity index (χ1n) is 10.5. The van der Waals surface area contributed by atoms with E-state index in [4.69, 9.17) is 9.15 Å². The fourth-order valence-corrected chi connectivity index (χ4v) is 3.30. The van der Waals surface area contributed by atoms with E-state index in [-0.39, 0.29) is 36.6 Å². The summed E-state index contributed by atoms with van der Waals surface area (Å²) in [7, 11) is 0. The largest absolute Gasteiger partial charge is 0.463 e. The maximum atomic E-state index is 10.7. The molecule has 2 aromatic heterocycles. The summed E-state index contributed by atoms with van der Waals surface area (Å²) in [5, 5.41) is 17.1. The third-order valence-electron chi connectivity index (χ3n) is 5.01. The number of rotatable bonds is 7. The molecular weight excluding hydrogens is 509 g/mol. The Bertz CT molecular complexity index is 838. The summed E-state index contributed by atoms with van der Waals surface area (Å²) >= 11 is 0. The Morgan fingerprint density at radius 1 is 1.32 bits per heavy atom. The van der Waals surface area contributed by atoms with Crippen molar-refractivity contribution in [1.82, 2.24) is 15.6 Å². The molecule has 9 heteroatoms. The van der Waals surface area contributed by atoms with E-state index in [1.807, 2.05) is 32.2 Å². The monoisotopic (exact) mass is 543 g/mol. The Morgan fingerprint density at radius 3 is 2.74 bits per heavy atom. The third kappa shape index (κ3) is 7.36. The van der Waals surface area contributed by atoms with Crippen LogP contribution in [0.2, 0.25) is 0 Å². The van der Waals surface area contributed by atoms with Crippen LogP contribution in [0.15, 0.2) is 39.9 Å². The molecule has 0 radical (unpaired) electrons. The van der Waals surface area contributed by atoms with Gasteiger partial charge in [-0.15, -0.1) is 24.0 Å². The Kier molecular flexibility index (Phi) is 9.57. The summed E-state index contributed by atoms with van der Waals surface area (Å²) < 4.78 is 11.2. The number of halogens is 1. The van der Waals surface area contributed by atoms with Gasteiger partial charge in [0.25, 0.3) is 0 Å². The molecule has 0 amide bonds. The number of anilines is 1. The summed E-state index contributed by atoms with van der Waals surface area (Å²) in [5.74, 6) is 2.90. The number of guanidine groups is 1. The number of hydrogen-bond donors (Lipinski definition) is 3. The van der Waals surface area contributed by atoms with Crippen LogP contribution < -0.4 is 15.5 Å². The highest BCUT2D eigenvalue weighted by Gasteiger charge is 2.27. The highest BCUT2D eigenvalue weighted by molar-refractivity contribution is 14.0. The van der Waals surface area contributed by atoms with Crippen LogP contribution in [0.25, 0.3) is 0 Å². The van der Waals surface area contributed by atoms with Crippen LogP contribution in [-0.4, -0.2) is 54.9 Å². The second-order valence-electron chi connectivity index (χ2n) is 7.88. The van der Waals surface area contributed by atoms with Gasteiger partial charge in [0.1, 0.15) is 22.9 Å². The number of aromatic nitrogens is 1. The van der Waals surface area contributed by atoms with Gasteiger partial charge in [0.15, 0.2) is 5.96 Å². The average molecular weight is 543 g/mol. The fraction of sp³-hybridized carbons (Fsp3) is 0.545. The summed E-state index contributed by atoms with van der Waals surface area (Å²) in [6, 6.07) is 7.73. The van der Waals surface area contributed by atoms with Gasteiger partial charge in [0, 0.05) is 25.8 Å². The number of aliphatic hydroxyl groups is 1. The third-order valence-corrected chi connectivity index (χ3v) is 5.01. The lowest BCUT2D eigenvalue weighted by molar-refractivity contribution is 0.0378. The van der Waals surface area contributed by atoms with Crippen molar-refractivity contribution < 1.29 is 14.3 Å². The van der Waals surface area contributed by atoms with Crippen molar-refractivity contribution in [3.05, 3.63) is 47.5 Å². The van der Waals surface area contributed by atoms with E-state index < -0.39 is 5.60 Å². The summed E-state index contributed by atoms with van der Waals surface area (Å²) in [4.78, 5) is 11.5. The molecule has 3 heterocycles. The van der Waals surface area contributed by atoms with E-state index in [1.54, 1.807) is 13.0 Å². The van der Waals surface area contributed by atoms with E-state index in [1.165, 1.54) is 0 Å². The summed E-state index contributed by atoms with van der Waals surface area (Å²) in [6.07, 6.45) is 2.09. The summed E-state index contributed by atoms with van der Waals surface area (Å²) in [6.45, 7) is 11.6. The quantitative estimate of drug-likeness (QED) is 0.281. The van der Waals surface area contributed by atoms with Gasteiger partial charge in [-0.2, -0.15) is 0 Å². The van der Waals surface area contributed by atoms with Crippen molar-refractivity contribution >= 4 is 35.8 Å². The number of aryl methyl sites for hydroxylation is 1. The topological polar surface area (TPSA) is 95.2 Å². The highest BCUT2D eigenvalue weighted by atomic mass is 127. The van der Waals surface area contributed by atoms with Gasteiger partial charge in [-0.25, -0.2) is 9.98 Å². The highest BCUT2D eigenvalue weighted by Crippen LogP contribution is 2.22. The standard InChI is InChI=1S/C22H33N5O3.HI/c1-5-23-21(26-15-22(4,28)19-8-6-16(2)30-19)25-13-18-7-9-20(24-12-18)27-10-11-29-17(3)14-27;/h6-9,12,17,28H,5,10-11,13-15H2,1-4H3,(H2,23,25,26);1H. The molecule has 1 fully saturated rings. The first kappa shape index (κ1) is 25.4. The predicted octanol–water partition coefficient (Wildman–Crippen LogP) is 2.79. The molecule has 31 heavy (non-hydrogen) atoms. The Labute approximate surface area is 201 Å². The number of aliphatic imine (C=N–C) groups is 1. The van der Waals surface area contributed by atoms with Crippen molar-refractivity contribution in [2.75, 3.05) is 37.7 Å². The van der Waals surface area contributed by atoms with E-state index in [2.05, 4.69) is 38.5 Å². The first-order valence-corrected chi connectivity index (χ1v) is 10.5. The van der Waals surface area contributed by atoms with Crippen LogP contribution in [0.4, 0.5) is 5.82 Å². The van der Waals surface area contributed by atoms with Crippen molar-refractivity contribution in [1.29, 1.82) is 0 Å². The molecule has 2 unspecified atom stereocenters. The predicted molar refractivity (Wildman–Crippen MR) is 133 cm³/mol. The van der Waals surface area contributed by atoms with Gasteiger partial charge in [0.05, 0.1) is 25.8 Å². The minimum Gasteiger partial charge on any atom is -0.463 e. The molecule has 2 atom stereocenters. The minimum atomic E-state index is -1.14. The van der Waals surface area contributed by atoms with Crippen LogP contribution in [0.1, 0.15) is 37.9 Å². The Balaban J connectivity index is 0.00000341. The number of hydrogen-bond acceptors (Lipinski definition) is 6. The van der Waals surface area contributed by atoms with Gasteiger partial charge in [-0.05, 0) is 51.5 Å². The SMILES string of the molecule is CCNC(=NCc1ccc(N2CCOC(C)C2)nc1)NCC(C)(O)c1ccc(C)o1.I. The van der Waals surface area contributed by atoms with E-state index in [0.717, 1.165) is 43.4 Å². The molecule has 1 aliphatic heterocycles. The zero-order valence-corrected chi connectivity index (χ0v) is 21.1. The number of nitrogens with zero attached hydrogens (tertiary/aromatic N) is 3. The van der Waals surface area contributed by atoms with Crippen LogP contribution in [0.3, 0.4) is 0 Å². The molecular formula is C22H34IN5O3. The molecule has 2 aromatic rings. The molecule has 0 spiro atoms. The molecule has 0 saturated carbocycles. The maximum Gasteiger partial charge on any atom is 0.191 e. The molecule has 3 rings (SSSR count). The van der Waals surface area contributed by atoms with Gasteiger partial charge in [-0.1, -0.05) is 6.07 Å². The molecule has 1 aliphatic rings. The molecule has 0 bridgehead atoms. The fourth-order valence-electron chi connectivity index (χ4n) is 3.30. The zero-order chi connectivity index (χ0) is 21.6. The van der Waals surface area contributed by atoms with Gasteiger partial charge >= 0.3 is 0 Å². The molecule has 172 valence electrons. The molecule has 0 aliphatic carbocycles. The molecule has 1 saturated heterocycles. The van der Waals surface area contributed by atoms with E-state index in [0.29, 0.717) is 18.3 Å². The zero-order valence-electron chi connectivity index (χ0n) is 18.7. The van der Waals surface area contributed by atoms with E-state index in [9.17, 15) is 5.11 Å². The van der Waals surface area contributed by atoms with Crippen LogP contribution in [-0.2, 0) is 16.9 Å². The molecule has 8 nitrogen and oxygen atoms in total. The van der Waals surface area contributed by atoms with Gasteiger partial charge in [0.2, 0.25) is 0 Å². The normalized spacial score (nSPS) is 18.8.